The van der Waals surface area contributed by atoms with Crippen LogP contribution in [0.2, 0.25) is 0 Å². The number of carbonyl (C=O) groups excluding carboxylic acids is 1. The van der Waals surface area contributed by atoms with Gasteiger partial charge in [-0.1, -0.05) is 25.0 Å². The molecule has 4 heteroatoms. The van der Waals surface area contributed by atoms with Crippen LogP contribution in [-0.4, -0.2) is 12.4 Å². The third kappa shape index (κ3) is 3.92. The van der Waals surface area contributed by atoms with E-state index in [-0.39, 0.29) is 17.0 Å². The van der Waals surface area contributed by atoms with Gasteiger partial charge in [0.1, 0.15) is 11.6 Å². The van der Waals surface area contributed by atoms with E-state index in [0.29, 0.717) is 17.7 Å². The number of ketones is 1. The molecule has 0 radical (unpaired) electrons. The van der Waals surface area contributed by atoms with Crippen molar-refractivity contribution in [2.45, 2.75) is 19.8 Å². The summed E-state index contributed by atoms with van der Waals surface area (Å²) in [6.07, 6.45) is 7.84. The van der Waals surface area contributed by atoms with Gasteiger partial charge in [0, 0.05) is 37.1 Å². The molecule has 0 N–H and O–H groups in total. The zero-order valence-corrected chi connectivity index (χ0v) is 18.5. The average Bonchev–Trinajstić information content (AvgIpc) is 3.44. The number of hydrogen-bond acceptors (Lipinski definition) is 3. The van der Waals surface area contributed by atoms with Crippen LogP contribution in [-0.2, 0) is 0 Å². The first-order valence-electron chi connectivity index (χ1n) is 10.5. The van der Waals surface area contributed by atoms with E-state index in [2.05, 4.69) is 12.8 Å². The standard InChI is InChI=1S/C28H21FO2S/c1-3-18-4-6-19(7-5-18)26(30)25-23-13-12-22(31-17-28(2)14-15-28)16-24(23)32-27(25)20-8-10-21(29)11-9-20/h1,4-13,16H,14-15,17H2,2H3. The second-order valence-corrected chi connectivity index (χ2v) is 9.67. The number of benzene rings is 3. The highest BCUT2D eigenvalue weighted by atomic mass is 32.1. The molecule has 1 heterocycles. The van der Waals surface area contributed by atoms with Crippen molar-refractivity contribution < 1.29 is 13.9 Å². The van der Waals surface area contributed by atoms with E-state index in [1.807, 2.05) is 18.2 Å². The fourth-order valence-electron chi connectivity index (χ4n) is 3.67. The van der Waals surface area contributed by atoms with E-state index < -0.39 is 0 Å². The SMILES string of the molecule is C#Cc1ccc(C(=O)c2c(-c3ccc(F)cc3)sc3cc(OCC4(C)CC4)ccc23)cc1. The first kappa shape index (κ1) is 20.5. The zero-order valence-electron chi connectivity index (χ0n) is 17.7. The Kier molecular flexibility index (Phi) is 5.07. The summed E-state index contributed by atoms with van der Waals surface area (Å²) < 4.78 is 20.5. The molecule has 1 aliphatic carbocycles. The number of halogens is 1. The molecule has 0 spiro atoms. The molecule has 1 aliphatic rings. The van der Waals surface area contributed by atoms with Gasteiger partial charge in [0.15, 0.2) is 5.78 Å². The van der Waals surface area contributed by atoms with Crippen LogP contribution < -0.4 is 4.74 Å². The molecular formula is C28H21FO2S. The molecule has 32 heavy (non-hydrogen) atoms. The van der Waals surface area contributed by atoms with Crippen LogP contribution in [0.4, 0.5) is 4.39 Å². The van der Waals surface area contributed by atoms with Gasteiger partial charge in [0.05, 0.1) is 6.61 Å². The minimum atomic E-state index is -0.308. The third-order valence-electron chi connectivity index (χ3n) is 6.00. The molecule has 0 amide bonds. The molecule has 0 saturated heterocycles. The fourth-order valence-corrected chi connectivity index (χ4v) is 4.91. The first-order chi connectivity index (χ1) is 15.5. The average molecular weight is 441 g/mol. The molecule has 1 fully saturated rings. The number of ether oxygens (including phenoxy) is 1. The molecule has 1 saturated carbocycles. The molecule has 0 aliphatic heterocycles. The largest absolute Gasteiger partial charge is 0.493 e. The topological polar surface area (TPSA) is 26.3 Å². The lowest BCUT2D eigenvalue weighted by atomic mass is 9.97. The minimum Gasteiger partial charge on any atom is -0.493 e. The van der Waals surface area contributed by atoms with Gasteiger partial charge in [-0.3, -0.25) is 4.79 Å². The summed E-state index contributed by atoms with van der Waals surface area (Å²) in [7, 11) is 0. The normalized spacial score (nSPS) is 14.2. The van der Waals surface area contributed by atoms with Crippen LogP contribution in [0, 0.1) is 23.6 Å². The Hall–Kier alpha value is -3.42. The van der Waals surface area contributed by atoms with Crippen LogP contribution >= 0.6 is 11.3 Å². The van der Waals surface area contributed by atoms with Gasteiger partial charge in [0.25, 0.3) is 0 Å². The highest BCUT2D eigenvalue weighted by Gasteiger charge is 2.38. The highest BCUT2D eigenvalue weighted by Crippen LogP contribution is 2.46. The molecule has 2 nitrogen and oxygen atoms in total. The predicted molar refractivity (Wildman–Crippen MR) is 128 cm³/mol. The van der Waals surface area contributed by atoms with Gasteiger partial charge < -0.3 is 4.74 Å². The molecule has 158 valence electrons. The van der Waals surface area contributed by atoms with Gasteiger partial charge >= 0.3 is 0 Å². The van der Waals surface area contributed by atoms with E-state index in [9.17, 15) is 9.18 Å². The van der Waals surface area contributed by atoms with E-state index in [1.165, 1.54) is 36.3 Å². The van der Waals surface area contributed by atoms with Crippen molar-refractivity contribution in [3.63, 3.8) is 0 Å². The van der Waals surface area contributed by atoms with Crippen LogP contribution in [0.1, 0.15) is 41.3 Å². The Morgan fingerprint density at radius 1 is 1.09 bits per heavy atom. The summed E-state index contributed by atoms with van der Waals surface area (Å²) in [5.74, 6) is 2.98. The quantitative estimate of drug-likeness (QED) is 0.236. The molecule has 3 aromatic carbocycles. The number of thiophene rings is 1. The van der Waals surface area contributed by atoms with Crippen LogP contribution in [0.15, 0.2) is 66.7 Å². The number of terminal acetylenes is 1. The maximum absolute atomic E-state index is 13.6. The van der Waals surface area contributed by atoms with Crippen LogP contribution in [0.3, 0.4) is 0 Å². The monoisotopic (exact) mass is 440 g/mol. The summed E-state index contributed by atoms with van der Waals surface area (Å²) in [6, 6.07) is 19.2. The fraction of sp³-hybridized carbons (Fsp3) is 0.179. The van der Waals surface area contributed by atoms with Crippen molar-refractivity contribution in [2.75, 3.05) is 6.61 Å². The summed E-state index contributed by atoms with van der Waals surface area (Å²) in [4.78, 5) is 14.4. The van der Waals surface area contributed by atoms with Crippen molar-refractivity contribution in [3.8, 4) is 28.5 Å². The number of fused-ring (bicyclic) bond motifs is 1. The van der Waals surface area contributed by atoms with Crippen molar-refractivity contribution in [1.82, 2.24) is 0 Å². The summed E-state index contributed by atoms with van der Waals surface area (Å²) in [6.45, 7) is 2.92. The van der Waals surface area contributed by atoms with E-state index in [0.717, 1.165) is 31.8 Å². The molecule has 1 aromatic heterocycles. The molecule has 0 atom stereocenters. The van der Waals surface area contributed by atoms with Gasteiger partial charge in [-0.25, -0.2) is 4.39 Å². The van der Waals surface area contributed by atoms with Crippen LogP contribution in [0.25, 0.3) is 20.5 Å². The molecule has 0 bridgehead atoms. The molecular weight excluding hydrogens is 419 g/mol. The van der Waals surface area contributed by atoms with E-state index in [4.69, 9.17) is 11.2 Å². The zero-order chi connectivity index (χ0) is 22.3. The van der Waals surface area contributed by atoms with E-state index >= 15 is 0 Å². The van der Waals surface area contributed by atoms with Gasteiger partial charge in [-0.05, 0) is 73.0 Å². The smallest absolute Gasteiger partial charge is 0.195 e. The number of hydrogen-bond donors (Lipinski definition) is 0. The van der Waals surface area contributed by atoms with Crippen molar-refractivity contribution in [2.24, 2.45) is 5.41 Å². The summed E-state index contributed by atoms with van der Waals surface area (Å²) in [5.41, 5.74) is 3.00. The van der Waals surface area contributed by atoms with Gasteiger partial charge in [-0.15, -0.1) is 17.8 Å². The number of rotatable bonds is 6. The maximum Gasteiger partial charge on any atom is 0.195 e. The minimum absolute atomic E-state index is 0.0849. The summed E-state index contributed by atoms with van der Waals surface area (Å²) in [5, 5.41) is 0.866. The molecule has 4 aromatic rings. The Bertz CT molecular complexity index is 1350. The van der Waals surface area contributed by atoms with Crippen molar-refractivity contribution in [1.29, 1.82) is 0 Å². The van der Waals surface area contributed by atoms with Crippen molar-refractivity contribution in [3.05, 3.63) is 89.2 Å². The summed E-state index contributed by atoms with van der Waals surface area (Å²) >= 11 is 1.52. The molecule has 5 rings (SSSR count). The number of carbonyl (C=O) groups is 1. The second-order valence-electron chi connectivity index (χ2n) is 8.62. The highest BCUT2D eigenvalue weighted by molar-refractivity contribution is 7.22. The maximum atomic E-state index is 13.6. The Labute approximate surface area is 190 Å². The van der Waals surface area contributed by atoms with Gasteiger partial charge in [0.2, 0.25) is 0 Å². The second kappa shape index (κ2) is 7.93. The Morgan fingerprint density at radius 3 is 2.47 bits per heavy atom. The predicted octanol–water partition coefficient (Wildman–Crippen LogP) is 7.10. The van der Waals surface area contributed by atoms with Gasteiger partial charge in [-0.2, -0.15) is 0 Å². The van der Waals surface area contributed by atoms with Crippen LogP contribution in [0.5, 0.6) is 5.75 Å². The lowest BCUT2D eigenvalue weighted by molar-refractivity contribution is 0.104. The first-order valence-corrected chi connectivity index (χ1v) is 11.3. The Morgan fingerprint density at radius 2 is 1.81 bits per heavy atom. The molecule has 0 unspecified atom stereocenters. The Balaban J connectivity index is 1.60. The van der Waals surface area contributed by atoms with Crippen molar-refractivity contribution >= 4 is 27.2 Å². The lowest BCUT2D eigenvalue weighted by Gasteiger charge is -2.11. The lowest BCUT2D eigenvalue weighted by Crippen LogP contribution is -2.08. The third-order valence-corrected chi connectivity index (χ3v) is 7.20. The van der Waals surface area contributed by atoms with E-state index in [1.54, 1.807) is 36.4 Å².